The molecular formula is C26H27N7O4S. The number of nitrogens with zero attached hydrogens (tertiary/aromatic N) is 6. The Kier molecular flexibility index (Phi) is 7.54. The first-order valence-corrected chi connectivity index (χ1v) is 12.9. The van der Waals surface area contributed by atoms with Gasteiger partial charge in [0, 0.05) is 49.4 Å². The number of carbonyl (C=O) groups is 2. The predicted molar refractivity (Wildman–Crippen MR) is 144 cm³/mol. The molecular weight excluding hydrogens is 506 g/mol. The van der Waals surface area contributed by atoms with Crippen molar-refractivity contribution in [2.75, 3.05) is 43.2 Å². The van der Waals surface area contributed by atoms with Gasteiger partial charge < -0.3 is 14.5 Å². The average Bonchev–Trinajstić information content (AvgIpc) is 3.34. The fourth-order valence-corrected chi connectivity index (χ4v) is 5.44. The second-order valence-electron chi connectivity index (χ2n) is 9.05. The van der Waals surface area contributed by atoms with E-state index in [0.717, 1.165) is 45.1 Å². The fourth-order valence-electron chi connectivity index (χ4n) is 4.27. The number of ether oxygens (including phenoxy) is 1. The summed E-state index contributed by atoms with van der Waals surface area (Å²) in [7, 11) is 1.87. The van der Waals surface area contributed by atoms with E-state index in [1.165, 1.54) is 12.4 Å². The minimum absolute atomic E-state index is 0.106. The quantitative estimate of drug-likeness (QED) is 0.257. The maximum absolute atomic E-state index is 11.7. The summed E-state index contributed by atoms with van der Waals surface area (Å²) in [6.45, 7) is 4.86. The molecule has 11 nitrogen and oxygen atoms in total. The molecule has 3 aromatic heterocycles. The van der Waals surface area contributed by atoms with Gasteiger partial charge in [-0.05, 0) is 24.6 Å². The second-order valence-corrected chi connectivity index (χ2v) is 10.2. The number of Topliss-reactive ketones (excluding diaryl/α,β-unsaturated/α-hetero) is 1. The number of benzene rings is 1. The largest absolute Gasteiger partial charge is 0.378 e. The first-order valence-electron chi connectivity index (χ1n) is 12.1. The lowest BCUT2D eigenvalue weighted by molar-refractivity contribution is -0.116. The maximum atomic E-state index is 11.7. The summed E-state index contributed by atoms with van der Waals surface area (Å²) in [5, 5.41) is 8.79. The molecule has 0 aliphatic carbocycles. The Balaban J connectivity index is 1.48. The summed E-state index contributed by atoms with van der Waals surface area (Å²) < 4.78 is 6.56. The Morgan fingerprint density at radius 2 is 1.92 bits per heavy atom. The summed E-state index contributed by atoms with van der Waals surface area (Å²) >= 11 is 1.62. The van der Waals surface area contributed by atoms with Crippen LogP contribution in [0.15, 0.2) is 42.7 Å². The zero-order chi connectivity index (χ0) is 26.6. The molecule has 1 aliphatic rings. The number of thiophene rings is 1. The molecule has 1 amide bonds. The van der Waals surface area contributed by atoms with Crippen molar-refractivity contribution in [2.24, 2.45) is 0 Å². The zero-order valence-electron chi connectivity index (χ0n) is 21.0. The van der Waals surface area contributed by atoms with Gasteiger partial charge in [0.15, 0.2) is 11.6 Å². The van der Waals surface area contributed by atoms with E-state index in [9.17, 15) is 9.59 Å². The highest BCUT2D eigenvalue weighted by molar-refractivity contribution is 7.19. The van der Waals surface area contributed by atoms with Crippen LogP contribution in [0.4, 0.5) is 11.8 Å². The van der Waals surface area contributed by atoms with Crippen molar-refractivity contribution >= 4 is 45.0 Å². The zero-order valence-corrected chi connectivity index (χ0v) is 21.9. The monoisotopic (exact) mass is 533 g/mol. The first kappa shape index (κ1) is 25.6. The first-order chi connectivity index (χ1) is 18.4. The summed E-state index contributed by atoms with van der Waals surface area (Å²) in [5.41, 5.74) is 4.38. The van der Waals surface area contributed by atoms with Gasteiger partial charge in [0.05, 0.1) is 35.5 Å². The minimum atomic E-state index is -0.666. The summed E-state index contributed by atoms with van der Waals surface area (Å²) in [5.74, 6) is 1.37. The third kappa shape index (κ3) is 5.62. The molecule has 1 aromatic carbocycles. The predicted octanol–water partition coefficient (Wildman–Crippen LogP) is 2.87. The molecule has 1 saturated heterocycles. The molecule has 0 atom stereocenters. The Hall–Kier alpha value is -4.00. The van der Waals surface area contributed by atoms with Crippen LogP contribution in [-0.4, -0.2) is 70.2 Å². The van der Waals surface area contributed by atoms with Crippen LogP contribution in [-0.2, 0) is 22.5 Å². The Labute approximate surface area is 223 Å². The van der Waals surface area contributed by atoms with E-state index >= 15 is 0 Å². The number of amides is 1. The Morgan fingerprint density at radius 1 is 1.16 bits per heavy atom. The smallest absolute Gasteiger partial charge is 0.277 e. The minimum Gasteiger partial charge on any atom is -0.378 e. The normalized spacial score (nSPS) is 13.5. The van der Waals surface area contributed by atoms with Crippen molar-refractivity contribution in [3.8, 4) is 11.4 Å². The van der Waals surface area contributed by atoms with E-state index in [2.05, 4.69) is 20.9 Å². The van der Waals surface area contributed by atoms with E-state index in [1.54, 1.807) is 23.7 Å². The highest BCUT2D eigenvalue weighted by atomic mass is 32.1. The van der Waals surface area contributed by atoms with Crippen molar-refractivity contribution in [2.45, 2.75) is 19.9 Å². The summed E-state index contributed by atoms with van der Waals surface area (Å²) in [6.07, 6.45) is 3.10. The molecule has 0 unspecified atom stereocenters. The molecule has 5 rings (SSSR count). The number of carbonyl (C=O) groups excluding carboxylic acids is 2. The van der Waals surface area contributed by atoms with Crippen molar-refractivity contribution in [1.29, 1.82) is 0 Å². The molecule has 0 spiro atoms. The molecule has 0 radical (unpaired) electrons. The van der Waals surface area contributed by atoms with Crippen LogP contribution in [0.2, 0.25) is 0 Å². The van der Waals surface area contributed by atoms with Gasteiger partial charge in [0.2, 0.25) is 5.95 Å². The highest BCUT2D eigenvalue weighted by Gasteiger charge is 2.21. The van der Waals surface area contributed by atoms with Gasteiger partial charge in [-0.2, -0.15) is 0 Å². The molecule has 38 heavy (non-hydrogen) atoms. The van der Waals surface area contributed by atoms with E-state index in [0.29, 0.717) is 38.0 Å². The van der Waals surface area contributed by atoms with Gasteiger partial charge in [-0.25, -0.2) is 25.4 Å². The van der Waals surface area contributed by atoms with Gasteiger partial charge in [0.1, 0.15) is 5.78 Å². The molecule has 0 saturated carbocycles. The number of ketones is 1. The van der Waals surface area contributed by atoms with Crippen molar-refractivity contribution in [3.05, 3.63) is 58.7 Å². The van der Waals surface area contributed by atoms with Gasteiger partial charge in [-0.15, -0.1) is 11.3 Å². The molecule has 1 fully saturated rings. The Morgan fingerprint density at radius 3 is 2.63 bits per heavy atom. The number of aromatic nitrogens is 4. The van der Waals surface area contributed by atoms with Crippen molar-refractivity contribution in [3.63, 3.8) is 0 Å². The number of hydrogen-bond acceptors (Lipinski definition) is 11. The molecule has 2 N–H and O–H groups in total. The fraction of sp³-hybridized carbons (Fsp3) is 0.308. The van der Waals surface area contributed by atoms with Gasteiger partial charge >= 0.3 is 0 Å². The van der Waals surface area contributed by atoms with Crippen LogP contribution in [0, 0.1) is 0 Å². The SMILES string of the molecule is CC(=O)Cc1cccc(-c2nc(N3CCOCC3)c3sc(CN(C)c4ncc(C(=O)NO)cn4)cc3n2)c1. The maximum Gasteiger partial charge on any atom is 0.277 e. The molecule has 1 aliphatic heterocycles. The topological polar surface area (TPSA) is 134 Å². The number of fused-ring (bicyclic) bond motifs is 1. The van der Waals surface area contributed by atoms with Crippen LogP contribution >= 0.6 is 11.3 Å². The third-order valence-electron chi connectivity index (χ3n) is 6.09. The van der Waals surface area contributed by atoms with Gasteiger partial charge in [0.25, 0.3) is 5.91 Å². The third-order valence-corrected chi connectivity index (χ3v) is 7.19. The van der Waals surface area contributed by atoms with E-state index < -0.39 is 5.91 Å². The van der Waals surface area contributed by atoms with Crippen molar-refractivity contribution in [1.82, 2.24) is 25.4 Å². The average molecular weight is 534 g/mol. The lowest BCUT2D eigenvalue weighted by Crippen LogP contribution is -2.36. The second kappa shape index (κ2) is 11.2. The summed E-state index contributed by atoms with van der Waals surface area (Å²) in [4.78, 5) is 46.7. The lowest BCUT2D eigenvalue weighted by atomic mass is 10.1. The number of anilines is 2. The van der Waals surface area contributed by atoms with Gasteiger partial charge in [-0.1, -0.05) is 18.2 Å². The molecule has 12 heteroatoms. The van der Waals surface area contributed by atoms with Crippen LogP contribution < -0.4 is 15.3 Å². The molecule has 4 heterocycles. The Bertz CT molecular complexity index is 1470. The van der Waals surface area contributed by atoms with E-state index in [-0.39, 0.29) is 11.3 Å². The van der Waals surface area contributed by atoms with Crippen LogP contribution in [0.25, 0.3) is 21.6 Å². The molecule has 196 valence electrons. The van der Waals surface area contributed by atoms with Crippen LogP contribution in [0.1, 0.15) is 27.7 Å². The standard InChI is InChI=1S/C26H27N7O4S/c1-16(34)10-17-4-3-5-18(11-17)23-29-21-12-20(38-22(21)24(30-23)33-6-8-37-9-7-33)15-32(2)26-27-13-19(14-28-26)25(35)31-36/h3-5,11-14,36H,6-10,15H2,1-2H3,(H,31,35). The molecule has 0 bridgehead atoms. The van der Waals surface area contributed by atoms with Crippen LogP contribution in [0.3, 0.4) is 0 Å². The number of nitrogens with one attached hydrogen (secondary N) is 1. The number of hydroxylamine groups is 1. The highest BCUT2D eigenvalue weighted by Crippen LogP contribution is 2.35. The number of morpholine rings is 1. The lowest BCUT2D eigenvalue weighted by Gasteiger charge is -2.28. The number of hydrogen-bond donors (Lipinski definition) is 2. The van der Waals surface area contributed by atoms with E-state index in [4.69, 9.17) is 19.9 Å². The van der Waals surface area contributed by atoms with Crippen molar-refractivity contribution < 1.29 is 19.5 Å². The van der Waals surface area contributed by atoms with E-state index in [1.807, 2.05) is 36.2 Å². The summed E-state index contributed by atoms with van der Waals surface area (Å²) in [6, 6.07) is 9.87. The molecule has 4 aromatic rings. The number of rotatable bonds is 8. The van der Waals surface area contributed by atoms with Gasteiger partial charge in [-0.3, -0.25) is 14.8 Å². The van der Waals surface area contributed by atoms with Crippen LogP contribution in [0.5, 0.6) is 0 Å².